The Labute approximate surface area is 171 Å². The van der Waals surface area contributed by atoms with Gasteiger partial charge in [0.1, 0.15) is 12.2 Å². The molecule has 14 heteroatoms. The van der Waals surface area contributed by atoms with E-state index in [0.717, 1.165) is 18.5 Å². The van der Waals surface area contributed by atoms with Gasteiger partial charge in [-0.1, -0.05) is 0 Å². The van der Waals surface area contributed by atoms with Crippen LogP contribution in [0.3, 0.4) is 0 Å². The predicted molar refractivity (Wildman–Crippen MR) is 98.2 cm³/mol. The molecule has 0 bridgehead atoms. The van der Waals surface area contributed by atoms with E-state index in [1.807, 2.05) is 6.92 Å². The second-order valence-corrected chi connectivity index (χ2v) is 6.34. The zero-order chi connectivity index (χ0) is 22.8. The second kappa shape index (κ2) is 8.35. The van der Waals surface area contributed by atoms with Crippen LogP contribution >= 0.6 is 0 Å². The van der Waals surface area contributed by atoms with Crippen LogP contribution in [0.1, 0.15) is 24.0 Å². The van der Waals surface area contributed by atoms with Crippen LogP contribution in [0.5, 0.6) is 0 Å². The highest BCUT2D eigenvalue weighted by molar-refractivity contribution is 5.77. The minimum Gasteiger partial charge on any atom is -0.269 e. The van der Waals surface area contributed by atoms with Gasteiger partial charge in [0.25, 0.3) is 0 Å². The smallest absolute Gasteiger partial charge is 0.269 e. The van der Waals surface area contributed by atoms with Gasteiger partial charge in [-0.15, -0.1) is 0 Å². The van der Waals surface area contributed by atoms with E-state index in [9.17, 15) is 26.3 Å². The predicted octanol–water partition coefficient (Wildman–Crippen LogP) is 3.89. The average Bonchev–Trinajstić information content (AvgIpc) is 3.25. The van der Waals surface area contributed by atoms with Gasteiger partial charge in [0.15, 0.2) is 5.69 Å². The van der Waals surface area contributed by atoms with Gasteiger partial charge in [0, 0.05) is 24.0 Å². The molecule has 3 aromatic rings. The van der Waals surface area contributed by atoms with Crippen LogP contribution in [0.15, 0.2) is 29.6 Å². The van der Waals surface area contributed by atoms with Crippen molar-refractivity contribution in [3.05, 3.63) is 41.6 Å². The molecule has 166 valence electrons. The maximum atomic E-state index is 13.3. The number of hydrazone groups is 1. The number of halogens is 6. The number of alkyl halides is 6. The number of nitrogens with one attached hydrogen (secondary N) is 1. The van der Waals surface area contributed by atoms with E-state index < -0.39 is 30.5 Å². The summed E-state index contributed by atoms with van der Waals surface area (Å²) in [5.74, 6) is -0.445. The lowest BCUT2D eigenvalue weighted by molar-refractivity contribution is -0.143. The van der Waals surface area contributed by atoms with Crippen molar-refractivity contribution in [2.45, 2.75) is 39.3 Å². The average molecular weight is 446 g/mol. The zero-order valence-electron chi connectivity index (χ0n) is 16.2. The normalized spacial score (nSPS) is 12.6. The summed E-state index contributed by atoms with van der Waals surface area (Å²) in [5, 5.41) is 11.4. The quantitative estimate of drug-likeness (QED) is 0.353. The zero-order valence-corrected chi connectivity index (χ0v) is 16.2. The van der Waals surface area contributed by atoms with E-state index in [4.69, 9.17) is 0 Å². The number of aryl methyl sites for hydroxylation is 1. The Hall–Kier alpha value is -3.45. The first-order chi connectivity index (χ1) is 14.5. The van der Waals surface area contributed by atoms with E-state index in [0.29, 0.717) is 22.5 Å². The Kier molecular flexibility index (Phi) is 5.99. The van der Waals surface area contributed by atoms with Crippen molar-refractivity contribution >= 4 is 12.2 Å². The fourth-order valence-electron chi connectivity index (χ4n) is 2.67. The molecule has 3 aromatic heterocycles. The summed E-state index contributed by atoms with van der Waals surface area (Å²) in [4.78, 5) is 7.46. The molecule has 0 unspecified atom stereocenters. The summed E-state index contributed by atoms with van der Waals surface area (Å²) in [6.07, 6.45) is -5.63. The number of hydrogen-bond donors (Lipinski definition) is 1. The SMILES string of the molecule is CCn1ncc(-c2cc(C(F)(F)F)nc(NN=Cc3ccn(CC(F)(F)F)n3)n2)c1C. The third-order valence-corrected chi connectivity index (χ3v) is 4.06. The van der Waals surface area contributed by atoms with Gasteiger partial charge in [-0.25, -0.2) is 15.4 Å². The Balaban J connectivity index is 1.85. The summed E-state index contributed by atoms with van der Waals surface area (Å²) in [6, 6.07) is 2.07. The first-order valence-electron chi connectivity index (χ1n) is 8.84. The fraction of sp³-hybridized carbons (Fsp3) is 0.353. The molecule has 0 atom stereocenters. The van der Waals surface area contributed by atoms with Gasteiger partial charge in [0.2, 0.25) is 5.95 Å². The van der Waals surface area contributed by atoms with Crippen LogP contribution < -0.4 is 5.43 Å². The number of hydrogen-bond acceptors (Lipinski definition) is 6. The molecule has 0 fully saturated rings. The lowest BCUT2D eigenvalue weighted by Crippen LogP contribution is -2.18. The van der Waals surface area contributed by atoms with E-state index in [1.165, 1.54) is 12.3 Å². The highest BCUT2D eigenvalue weighted by atomic mass is 19.4. The lowest BCUT2D eigenvalue weighted by atomic mass is 10.1. The molecule has 0 aliphatic rings. The number of aromatic nitrogens is 6. The Bertz CT molecular complexity index is 1080. The van der Waals surface area contributed by atoms with Crippen LogP contribution in [0.4, 0.5) is 32.3 Å². The number of nitrogens with zero attached hydrogens (tertiary/aromatic N) is 7. The molecular weight excluding hydrogens is 430 g/mol. The molecule has 3 rings (SSSR count). The molecule has 0 radical (unpaired) electrons. The maximum absolute atomic E-state index is 13.3. The molecule has 0 spiro atoms. The summed E-state index contributed by atoms with van der Waals surface area (Å²) < 4.78 is 79.2. The second-order valence-electron chi connectivity index (χ2n) is 6.34. The van der Waals surface area contributed by atoms with Crippen molar-refractivity contribution in [1.29, 1.82) is 0 Å². The van der Waals surface area contributed by atoms with Gasteiger partial charge in [-0.2, -0.15) is 41.6 Å². The Morgan fingerprint density at radius 1 is 1.16 bits per heavy atom. The van der Waals surface area contributed by atoms with E-state index >= 15 is 0 Å². The van der Waals surface area contributed by atoms with Crippen LogP contribution in [0, 0.1) is 6.92 Å². The van der Waals surface area contributed by atoms with E-state index in [-0.39, 0.29) is 11.4 Å². The highest BCUT2D eigenvalue weighted by Crippen LogP contribution is 2.32. The summed E-state index contributed by atoms with van der Waals surface area (Å²) in [5.41, 5.74) is 2.15. The minimum absolute atomic E-state index is 0.00770. The first kappa shape index (κ1) is 22.2. The van der Waals surface area contributed by atoms with E-state index in [2.05, 4.69) is 30.7 Å². The summed E-state index contributed by atoms with van der Waals surface area (Å²) >= 11 is 0. The molecule has 0 aliphatic heterocycles. The van der Waals surface area contributed by atoms with Crippen LogP contribution in [0.25, 0.3) is 11.3 Å². The van der Waals surface area contributed by atoms with Gasteiger partial charge in [-0.3, -0.25) is 9.36 Å². The molecule has 1 N–H and O–H groups in total. The van der Waals surface area contributed by atoms with Crippen molar-refractivity contribution in [3.8, 4) is 11.3 Å². The van der Waals surface area contributed by atoms with Crippen molar-refractivity contribution < 1.29 is 26.3 Å². The Morgan fingerprint density at radius 3 is 2.52 bits per heavy atom. The molecule has 0 aliphatic carbocycles. The number of rotatable bonds is 6. The number of anilines is 1. The highest BCUT2D eigenvalue weighted by Gasteiger charge is 2.34. The summed E-state index contributed by atoms with van der Waals surface area (Å²) in [6.45, 7) is 2.78. The van der Waals surface area contributed by atoms with Crippen molar-refractivity contribution in [2.75, 3.05) is 5.43 Å². The van der Waals surface area contributed by atoms with E-state index in [1.54, 1.807) is 11.6 Å². The lowest BCUT2D eigenvalue weighted by Gasteiger charge is -2.10. The van der Waals surface area contributed by atoms with Crippen LogP contribution in [0.2, 0.25) is 0 Å². The minimum atomic E-state index is -4.73. The van der Waals surface area contributed by atoms with Gasteiger partial charge in [-0.05, 0) is 26.0 Å². The van der Waals surface area contributed by atoms with Crippen LogP contribution in [-0.2, 0) is 19.3 Å². The molecule has 0 saturated carbocycles. The monoisotopic (exact) mass is 446 g/mol. The molecule has 0 saturated heterocycles. The molecular formula is C17H16F6N8. The summed E-state index contributed by atoms with van der Waals surface area (Å²) in [7, 11) is 0. The van der Waals surface area contributed by atoms with Gasteiger partial charge in [0.05, 0.1) is 18.1 Å². The topological polar surface area (TPSA) is 85.8 Å². The van der Waals surface area contributed by atoms with Crippen molar-refractivity contribution in [3.63, 3.8) is 0 Å². The third-order valence-electron chi connectivity index (χ3n) is 4.06. The first-order valence-corrected chi connectivity index (χ1v) is 8.84. The Morgan fingerprint density at radius 2 is 1.90 bits per heavy atom. The third kappa shape index (κ3) is 5.58. The molecule has 8 nitrogen and oxygen atoms in total. The van der Waals surface area contributed by atoms with Crippen molar-refractivity contribution in [1.82, 2.24) is 29.5 Å². The largest absolute Gasteiger partial charge is 0.433 e. The molecule has 0 aromatic carbocycles. The van der Waals surface area contributed by atoms with Gasteiger partial charge < -0.3 is 0 Å². The van der Waals surface area contributed by atoms with Crippen molar-refractivity contribution in [2.24, 2.45) is 5.10 Å². The molecule has 3 heterocycles. The van der Waals surface area contributed by atoms with Gasteiger partial charge >= 0.3 is 12.4 Å². The molecule has 0 amide bonds. The maximum Gasteiger partial charge on any atom is 0.433 e. The van der Waals surface area contributed by atoms with Crippen LogP contribution in [-0.4, -0.2) is 41.9 Å². The molecule has 31 heavy (non-hydrogen) atoms. The fourth-order valence-corrected chi connectivity index (χ4v) is 2.67. The standard InChI is InChI=1S/C17H16F6N8/c1-3-31-10(2)12(8-25-31)13-6-14(17(21,22)23)27-15(26-13)28-24-7-11-4-5-30(29-11)9-16(18,19)20/h4-8H,3,9H2,1-2H3,(H,26,27,28).